The van der Waals surface area contributed by atoms with Gasteiger partial charge in [0.25, 0.3) is 0 Å². The molecule has 1 saturated carbocycles. The first kappa shape index (κ1) is 15.2. The summed E-state index contributed by atoms with van der Waals surface area (Å²) in [5, 5.41) is 0. The van der Waals surface area contributed by atoms with Crippen molar-refractivity contribution in [2.24, 2.45) is 11.7 Å². The Hall–Kier alpha value is -0.170. The van der Waals surface area contributed by atoms with Crippen molar-refractivity contribution in [1.82, 2.24) is 4.31 Å². The fourth-order valence-corrected chi connectivity index (χ4v) is 5.19. The van der Waals surface area contributed by atoms with Crippen LogP contribution in [0, 0.1) is 5.92 Å². The molecular weight excluding hydrogens is 264 g/mol. The van der Waals surface area contributed by atoms with Crippen molar-refractivity contribution in [1.29, 1.82) is 0 Å². The molecular formula is C13H26N2O3S. The lowest BCUT2D eigenvalue weighted by atomic mass is 9.91. The van der Waals surface area contributed by atoms with Gasteiger partial charge in [0.05, 0.1) is 18.5 Å². The zero-order chi connectivity index (χ0) is 13.9. The van der Waals surface area contributed by atoms with Gasteiger partial charge in [-0.3, -0.25) is 0 Å². The van der Waals surface area contributed by atoms with Gasteiger partial charge in [-0.1, -0.05) is 19.3 Å². The molecule has 112 valence electrons. The van der Waals surface area contributed by atoms with Crippen molar-refractivity contribution in [3.8, 4) is 0 Å². The summed E-state index contributed by atoms with van der Waals surface area (Å²) in [6, 6.07) is -0.0728. The first-order valence-corrected chi connectivity index (χ1v) is 8.95. The van der Waals surface area contributed by atoms with E-state index in [-0.39, 0.29) is 12.1 Å². The maximum atomic E-state index is 12.6. The summed E-state index contributed by atoms with van der Waals surface area (Å²) < 4.78 is 32.2. The van der Waals surface area contributed by atoms with Crippen LogP contribution in [0.15, 0.2) is 0 Å². The molecule has 0 radical (unpaired) electrons. The molecule has 2 fully saturated rings. The van der Waals surface area contributed by atoms with E-state index < -0.39 is 10.0 Å². The molecule has 1 saturated heterocycles. The molecule has 2 N–H and O–H groups in total. The number of ether oxygens (including phenoxy) is 1. The second-order valence-electron chi connectivity index (χ2n) is 5.89. The Kier molecular flexibility index (Phi) is 5.22. The standard InChI is InChI=1S/C13H26N2O3S/c1-11-9-18-13(7-14)8-15(11)19(16,17)10-12-5-3-2-4-6-12/h11-13H,2-10,14H2,1H3. The van der Waals surface area contributed by atoms with Gasteiger partial charge in [0.1, 0.15) is 0 Å². The van der Waals surface area contributed by atoms with Crippen molar-refractivity contribution < 1.29 is 13.2 Å². The molecule has 1 aliphatic carbocycles. The molecule has 19 heavy (non-hydrogen) atoms. The molecule has 2 aliphatic rings. The van der Waals surface area contributed by atoms with Crippen molar-refractivity contribution in [3.63, 3.8) is 0 Å². The largest absolute Gasteiger partial charge is 0.374 e. The van der Waals surface area contributed by atoms with Crippen LogP contribution in [0.1, 0.15) is 39.0 Å². The van der Waals surface area contributed by atoms with Crippen molar-refractivity contribution in [2.75, 3.05) is 25.4 Å². The van der Waals surface area contributed by atoms with Crippen molar-refractivity contribution in [2.45, 2.75) is 51.2 Å². The first-order chi connectivity index (χ1) is 9.03. The molecule has 2 atom stereocenters. The van der Waals surface area contributed by atoms with E-state index in [1.165, 1.54) is 19.3 Å². The number of hydrogen-bond donors (Lipinski definition) is 1. The quantitative estimate of drug-likeness (QED) is 0.836. The Labute approximate surface area is 116 Å². The maximum Gasteiger partial charge on any atom is 0.214 e. The molecule has 5 nitrogen and oxygen atoms in total. The number of rotatable bonds is 4. The van der Waals surface area contributed by atoms with Crippen LogP contribution in [-0.2, 0) is 14.8 Å². The van der Waals surface area contributed by atoms with Crippen LogP contribution in [0.5, 0.6) is 0 Å². The molecule has 1 heterocycles. The Balaban J connectivity index is 2.00. The molecule has 0 aromatic heterocycles. The van der Waals surface area contributed by atoms with Gasteiger partial charge in [-0.15, -0.1) is 0 Å². The van der Waals surface area contributed by atoms with E-state index in [1.54, 1.807) is 4.31 Å². The first-order valence-electron chi connectivity index (χ1n) is 7.34. The van der Waals surface area contributed by atoms with Crippen LogP contribution in [0.3, 0.4) is 0 Å². The molecule has 0 aromatic rings. The second-order valence-corrected chi connectivity index (χ2v) is 7.86. The predicted octanol–water partition coefficient (Wildman–Crippen LogP) is 0.944. The molecule has 6 heteroatoms. The zero-order valence-electron chi connectivity index (χ0n) is 11.8. The van der Waals surface area contributed by atoms with E-state index in [4.69, 9.17) is 10.5 Å². The van der Waals surface area contributed by atoms with E-state index in [0.29, 0.717) is 31.4 Å². The molecule has 0 aromatic carbocycles. The monoisotopic (exact) mass is 290 g/mol. The number of sulfonamides is 1. The summed E-state index contributed by atoms with van der Waals surface area (Å²) in [6.45, 7) is 3.14. The van der Waals surface area contributed by atoms with Gasteiger partial charge in [-0.25, -0.2) is 8.42 Å². The summed E-state index contributed by atoms with van der Waals surface area (Å²) in [7, 11) is -3.18. The van der Waals surface area contributed by atoms with Crippen LogP contribution in [-0.4, -0.2) is 50.3 Å². The number of nitrogens with two attached hydrogens (primary N) is 1. The van der Waals surface area contributed by atoms with Crippen LogP contribution in [0.25, 0.3) is 0 Å². The van der Waals surface area contributed by atoms with Gasteiger partial charge in [-0.05, 0) is 25.7 Å². The third-order valence-electron chi connectivity index (χ3n) is 4.24. The lowest BCUT2D eigenvalue weighted by molar-refractivity contribution is -0.0221. The highest BCUT2D eigenvalue weighted by Gasteiger charge is 2.35. The highest BCUT2D eigenvalue weighted by atomic mass is 32.2. The molecule has 2 unspecified atom stereocenters. The zero-order valence-corrected chi connectivity index (χ0v) is 12.6. The number of morpholine rings is 1. The smallest absolute Gasteiger partial charge is 0.214 e. The minimum absolute atomic E-state index is 0.0728. The van der Waals surface area contributed by atoms with Crippen LogP contribution in [0.2, 0.25) is 0 Å². The summed E-state index contributed by atoms with van der Waals surface area (Å²) >= 11 is 0. The third-order valence-corrected chi connectivity index (χ3v) is 6.36. The van der Waals surface area contributed by atoms with E-state index in [2.05, 4.69) is 0 Å². The molecule has 2 rings (SSSR count). The van der Waals surface area contributed by atoms with Crippen LogP contribution in [0.4, 0.5) is 0 Å². The average molecular weight is 290 g/mol. The molecule has 1 aliphatic heterocycles. The van der Waals surface area contributed by atoms with Crippen LogP contribution < -0.4 is 5.73 Å². The molecule has 0 bridgehead atoms. The lowest BCUT2D eigenvalue weighted by Crippen LogP contribution is -2.53. The van der Waals surface area contributed by atoms with E-state index >= 15 is 0 Å². The summed E-state index contributed by atoms with van der Waals surface area (Å²) in [5.74, 6) is 0.638. The van der Waals surface area contributed by atoms with E-state index in [0.717, 1.165) is 12.8 Å². The van der Waals surface area contributed by atoms with E-state index in [1.807, 2.05) is 6.92 Å². The lowest BCUT2D eigenvalue weighted by Gasteiger charge is -2.37. The van der Waals surface area contributed by atoms with Gasteiger partial charge >= 0.3 is 0 Å². The third kappa shape index (κ3) is 3.90. The Morgan fingerprint density at radius 1 is 1.26 bits per heavy atom. The van der Waals surface area contributed by atoms with Gasteiger partial charge in [0.15, 0.2) is 0 Å². The van der Waals surface area contributed by atoms with Crippen molar-refractivity contribution in [3.05, 3.63) is 0 Å². The summed E-state index contributed by atoms with van der Waals surface area (Å²) in [5.41, 5.74) is 5.59. The maximum absolute atomic E-state index is 12.6. The molecule has 0 spiro atoms. The van der Waals surface area contributed by atoms with E-state index in [9.17, 15) is 8.42 Å². The highest BCUT2D eigenvalue weighted by molar-refractivity contribution is 7.89. The SMILES string of the molecule is CC1COC(CN)CN1S(=O)(=O)CC1CCCCC1. The average Bonchev–Trinajstić information content (AvgIpc) is 2.39. The van der Waals surface area contributed by atoms with Gasteiger partial charge in [-0.2, -0.15) is 4.31 Å². The number of nitrogens with zero attached hydrogens (tertiary/aromatic N) is 1. The Bertz CT molecular complexity index is 379. The normalized spacial score (nSPS) is 31.5. The Morgan fingerprint density at radius 3 is 2.58 bits per heavy atom. The fourth-order valence-electron chi connectivity index (χ4n) is 3.07. The minimum atomic E-state index is -3.18. The van der Waals surface area contributed by atoms with Gasteiger partial charge < -0.3 is 10.5 Å². The second kappa shape index (κ2) is 6.52. The topological polar surface area (TPSA) is 72.6 Å². The van der Waals surface area contributed by atoms with Gasteiger partial charge in [0, 0.05) is 19.1 Å². The predicted molar refractivity (Wildman–Crippen MR) is 75.3 cm³/mol. The molecule has 0 amide bonds. The van der Waals surface area contributed by atoms with Crippen LogP contribution >= 0.6 is 0 Å². The fraction of sp³-hybridized carbons (Fsp3) is 1.00. The highest BCUT2D eigenvalue weighted by Crippen LogP contribution is 2.27. The Morgan fingerprint density at radius 2 is 1.95 bits per heavy atom. The summed E-state index contributed by atoms with van der Waals surface area (Å²) in [4.78, 5) is 0. The number of hydrogen-bond acceptors (Lipinski definition) is 4. The van der Waals surface area contributed by atoms with Gasteiger partial charge in [0.2, 0.25) is 10.0 Å². The van der Waals surface area contributed by atoms with Crippen molar-refractivity contribution >= 4 is 10.0 Å². The summed E-state index contributed by atoms with van der Waals surface area (Å²) in [6.07, 6.45) is 5.54. The minimum Gasteiger partial charge on any atom is -0.374 e.